The minimum Gasteiger partial charge on any atom is -0.390 e. The maximum absolute atomic E-state index is 9.26. The van der Waals surface area contributed by atoms with E-state index < -0.39 is 12.2 Å². The van der Waals surface area contributed by atoms with Crippen molar-refractivity contribution in [1.29, 1.82) is 0 Å². The molecule has 1 aliphatic rings. The number of aliphatic hydroxyl groups is 2. The van der Waals surface area contributed by atoms with Crippen molar-refractivity contribution < 1.29 is 10.2 Å². The van der Waals surface area contributed by atoms with E-state index in [1.165, 1.54) is 0 Å². The third-order valence-electron chi connectivity index (χ3n) is 2.41. The van der Waals surface area contributed by atoms with Crippen LogP contribution in [0.2, 0.25) is 0 Å². The quantitative estimate of drug-likeness (QED) is 0.527. The highest BCUT2D eigenvalue weighted by Gasteiger charge is 2.44. The number of hydrogen-bond acceptors (Lipinski definition) is 2. The maximum atomic E-state index is 9.26. The highest BCUT2D eigenvalue weighted by molar-refractivity contribution is 4.94. The van der Waals surface area contributed by atoms with Gasteiger partial charge in [0.2, 0.25) is 0 Å². The molecule has 1 fully saturated rings. The van der Waals surface area contributed by atoms with Crippen molar-refractivity contribution in [3.8, 4) is 0 Å². The van der Waals surface area contributed by atoms with Gasteiger partial charge in [-0.15, -0.1) is 0 Å². The Bertz CT molecular complexity index is 126. The van der Waals surface area contributed by atoms with Gasteiger partial charge in [-0.1, -0.05) is 20.8 Å². The lowest BCUT2D eigenvalue weighted by molar-refractivity contribution is -0.137. The molecule has 0 heterocycles. The van der Waals surface area contributed by atoms with E-state index in [0.29, 0.717) is 0 Å². The van der Waals surface area contributed by atoms with Crippen LogP contribution in [0.4, 0.5) is 0 Å². The summed E-state index contributed by atoms with van der Waals surface area (Å²) in [5.41, 5.74) is 0.138. The van der Waals surface area contributed by atoms with Gasteiger partial charge in [0, 0.05) is 0 Å². The predicted molar refractivity (Wildman–Crippen MR) is 39.6 cm³/mol. The van der Waals surface area contributed by atoms with Crippen LogP contribution in [0.3, 0.4) is 0 Å². The molecule has 0 aromatic heterocycles. The van der Waals surface area contributed by atoms with E-state index in [1.54, 1.807) is 0 Å². The van der Waals surface area contributed by atoms with Gasteiger partial charge >= 0.3 is 0 Å². The molecule has 1 rings (SSSR count). The summed E-state index contributed by atoms with van der Waals surface area (Å²) in [7, 11) is 0. The molecule has 0 bridgehead atoms. The first-order valence-electron chi connectivity index (χ1n) is 3.79. The second-order valence-corrected chi connectivity index (χ2v) is 4.27. The topological polar surface area (TPSA) is 40.5 Å². The zero-order valence-electron chi connectivity index (χ0n) is 6.83. The van der Waals surface area contributed by atoms with E-state index >= 15 is 0 Å². The molecule has 60 valence electrons. The molecule has 0 radical (unpaired) electrons. The lowest BCUT2D eigenvalue weighted by Crippen LogP contribution is -2.51. The molecule has 0 aromatic rings. The van der Waals surface area contributed by atoms with Crippen LogP contribution in [0.5, 0.6) is 0 Å². The summed E-state index contributed by atoms with van der Waals surface area (Å²) in [6, 6.07) is 0. The van der Waals surface area contributed by atoms with Crippen LogP contribution in [0, 0.1) is 11.3 Å². The Balaban J connectivity index is 2.48. The second-order valence-electron chi connectivity index (χ2n) is 4.27. The molecule has 2 N–H and O–H groups in total. The molecule has 0 amide bonds. The third kappa shape index (κ3) is 1.18. The van der Waals surface area contributed by atoms with Gasteiger partial charge in [0.1, 0.15) is 0 Å². The standard InChI is InChI=1S/C8H16O2/c1-8(2,3)5-4-6(9)7(5)10/h5-7,9-10H,4H2,1-3H3/t5-,6+,7+/m0/s1. The van der Waals surface area contributed by atoms with E-state index in [4.69, 9.17) is 5.11 Å². The average Bonchev–Trinajstić information content (AvgIpc) is 1.79. The van der Waals surface area contributed by atoms with E-state index in [9.17, 15) is 5.11 Å². The van der Waals surface area contributed by atoms with Crippen molar-refractivity contribution in [3.63, 3.8) is 0 Å². The summed E-state index contributed by atoms with van der Waals surface area (Å²) in [6.07, 6.45) is -0.200. The van der Waals surface area contributed by atoms with Gasteiger partial charge in [-0.25, -0.2) is 0 Å². The van der Waals surface area contributed by atoms with Gasteiger partial charge in [0.15, 0.2) is 0 Å². The number of hydrogen-bond donors (Lipinski definition) is 2. The third-order valence-corrected chi connectivity index (χ3v) is 2.41. The molecule has 3 atom stereocenters. The molecule has 10 heavy (non-hydrogen) atoms. The van der Waals surface area contributed by atoms with Gasteiger partial charge in [0.25, 0.3) is 0 Å². The summed E-state index contributed by atoms with van der Waals surface area (Å²) in [5, 5.41) is 18.3. The molecule has 1 aliphatic carbocycles. The highest BCUT2D eigenvalue weighted by atomic mass is 16.3. The summed E-state index contributed by atoms with van der Waals surface area (Å²) in [4.78, 5) is 0. The van der Waals surface area contributed by atoms with E-state index in [2.05, 4.69) is 20.8 Å². The first-order valence-corrected chi connectivity index (χ1v) is 3.79. The SMILES string of the molecule is CC(C)(C)[C@H]1C[C@@H](O)[C@@H]1O. The molecule has 0 aliphatic heterocycles. The Morgan fingerprint density at radius 1 is 1.20 bits per heavy atom. The highest BCUT2D eigenvalue weighted by Crippen LogP contribution is 2.41. The van der Waals surface area contributed by atoms with Gasteiger partial charge in [-0.05, 0) is 17.8 Å². The molecule has 0 aromatic carbocycles. The minimum atomic E-state index is -0.486. The van der Waals surface area contributed by atoms with Crippen LogP contribution in [0.1, 0.15) is 27.2 Å². The monoisotopic (exact) mass is 144 g/mol. The normalized spacial score (nSPS) is 41.1. The Kier molecular flexibility index (Phi) is 1.77. The fourth-order valence-electron chi connectivity index (χ4n) is 1.48. The number of aliphatic hydroxyl groups excluding tert-OH is 2. The van der Waals surface area contributed by atoms with Crippen molar-refractivity contribution in [3.05, 3.63) is 0 Å². The fourth-order valence-corrected chi connectivity index (χ4v) is 1.48. The van der Waals surface area contributed by atoms with Crippen molar-refractivity contribution in [1.82, 2.24) is 0 Å². The molecule has 0 saturated heterocycles. The first kappa shape index (κ1) is 8.02. The van der Waals surface area contributed by atoms with Crippen LogP contribution in [-0.4, -0.2) is 22.4 Å². The van der Waals surface area contributed by atoms with E-state index in [0.717, 1.165) is 6.42 Å². The minimum absolute atomic E-state index is 0.138. The van der Waals surface area contributed by atoms with E-state index in [1.807, 2.05) is 0 Å². The van der Waals surface area contributed by atoms with Crippen molar-refractivity contribution >= 4 is 0 Å². The molecular weight excluding hydrogens is 128 g/mol. The van der Waals surface area contributed by atoms with Gasteiger partial charge < -0.3 is 10.2 Å². The summed E-state index contributed by atoms with van der Waals surface area (Å²) < 4.78 is 0. The summed E-state index contributed by atoms with van der Waals surface area (Å²) in [6.45, 7) is 6.27. The zero-order chi connectivity index (χ0) is 7.94. The second kappa shape index (κ2) is 2.21. The summed E-state index contributed by atoms with van der Waals surface area (Å²) in [5.74, 6) is 0.280. The smallest absolute Gasteiger partial charge is 0.0833 e. The largest absolute Gasteiger partial charge is 0.390 e. The molecule has 2 heteroatoms. The van der Waals surface area contributed by atoms with Crippen LogP contribution in [0.15, 0.2) is 0 Å². The van der Waals surface area contributed by atoms with Crippen LogP contribution < -0.4 is 0 Å². The van der Waals surface area contributed by atoms with E-state index in [-0.39, 0.29) is 11.3 Å². The molecule has 0 spiro atoms. The lowest BCUT2D eigenvalue weighted by atomic mass is 9.65. The van der Waals surface area contributed by atoms with Gasteiger partial charge in [-0.2, -0.15) is 0 Å². The Morgan fingerprint density at radius 3 is 1.80 bits per heavy atom. The fraction of sp³-hybridized carbons (Fsp3) is 1.00. The summed E-state index contributed by atoms with van der Waals surface area (Å²) >= 11 is 0. The predicted octanol–water partition coefficient (Wildman–Crippen LogP) is 0.774. The Hall–Kier alpha value is -0.0800. The van der Waals surface area contributed by atoms with Crippen LogP contribution in [-0.2, 0) is 0 Å². The van der Waals surface area contributed by atoms with Gasteiger partial charge in [-0.3, -0.25) is 0 Å². The van der Waals surface area contributed by atoms with Crippen LogP contribution >= 0.6 is 0 Å². The molecule has 0 unspecified atom stereocenters. The zero-order valence-corrected chi connectivity index (χ0v) is 6.83. The Morgan fingerprint density at radius 2 is 1.70 bits per heavy atom. The van der Waals surface area contributed by atoms with Crippen molar-refractivity contribution in [2.45, 2.75) is 39.4 Å². The first-order chi connectivity index (χ1) is 4.43. The molecular formula is C8H16O2. The van der Waals surface area contributed by atoms with Crippen molar-refractivity contribution in [2.75, 3.05) is 0 Å². The number of rotatable bonds is 0. The average molecular weight is 144 g/mol. The van der Waals surface area contributed by atoms with Gasteiger partial charge in [0.05, 0.1) is 12.2 Å². The maximum Gasteiger partial charge on any atom is 0.0833 e. The lowest BCUT2D eigenvalue weighted by Gasteiger charge is -2.45. The van der Waals surface area contributed by atoms with Crippen LogP contribution in [0.25, 0.3) is 0 Å². The Labute approximate surface area is 61.9 Å². The molecule has 1 saturated carbocycles. The molecule has 2 nitrogen and oxygen atoms in total. The van der Waals surface area contributed by atoms with Crippen molar-refractivity contribution in [2.24, 2.45) is 11.3 Å².